The second kappa shape index (κ2) is 8.00. The van der Waals surface area contributed by atoms with E-state index in [0.717, 1.165) is 33.3 Å². The predicted molar refractivity (Wildman–Crippen MR) is 117 cm³/mol. The van der Waals surface area contributed by atoms with Crippen LogP contribution in [0.4, 0.5) is 4.79 Å². The van der Waals surface area contributed by atoms with Crippen LogP contribution in [0.25, 0.3) is 22.0 Å². The van der Waals surface area contributed by atoms with Gasteiger partial charge in [0, 0.05) is 48.6 Å². The van der Waals surface area contributed by atoms with Crippen LogP contribution in [0.3, 0.4) is 0 Å². The molecular weight excluding hydrogens is 418 g/mol. The van der Waals surface area contributed by atoms with Gasteiger partial charge in [-0.15, -0.1) is 0 Å². The SMILES string of the molecule is CONC(=O)N1CCC2(CC1)OCc1cc(-c3ccc4cccnc4c3Cl)ccc1O2. The molecule has 31 heavy (non-hydrogen) atoms. The minimum Gasteiger partial charge on any atom is -0.462 e. The Labute approximate surface area is 184 Å². The number of benzene rings is 2. The zero-order valence-electron chi connectivity index (χ0n) is 17.1. The molecule has 0 radical (unpaired) electrons. The maximum Gasteiger partial charge on any atom is 0.341 e. The number of aromatic nitrogens is 1. The highest BCUT2D eigenvalue weighted by atomic mass is 35.5. The van der Waals surface area contributed by atoms with Gasteiger partial charge < -0.3 is 14.4 Å². The molecule has 2 aliphatic rings. The van der Waals surface area contributed by atoms with Gasteiger partial charge in [0.05, 0.1) is 24.3 Å². The van der Waals surface area contributed by atoms with Crippen LogP contribution >= 0.6 is 11.6 Å². The van der Waals surface area contributed by atoms with Crippen molar-refractivity contribution in [2.75, 3.05) is 20.2 Å². The first-order chi connectivity index (χ1) is 15.1. The monoisotopic (exact) mass is 439 g/mol. The summed E-state index contributed by atoms with van der Waals surface area (Å²) in [5, 5.41) is 1.64. The summed E-state index contributed by atoms with van der Waals surface area (Å²) >= 11 is 6.67. The maximum absolute atomic E-state index is 11.9. The number of nitrogens with zero attached hydrogens (tertiary/aromatic N) is 2. The van der Waals surface area contributed by atoms with Crippen LogP contribution in [-0.2, 0) is 16.2 Å². The van der Waals surface area contributed by atoms with E-state index in [1.807, 2.05) is 36.4 Å². The molecule has 3 aromatic rings. The van der Waals surface area contributed by atoms with Crippen molar-refractivity contribution in [1.29, 1.82) is 0 Å². The lowest BCUT2D eigenvalue weighted by Gasteiger charge is -2.43. The number of hydroxylamine groups is 1. The molecule has 7 nitrogen and oxygen atoms in total. The number of rotatable bonds is 2. The van der Waals surface area contributed by atoms with Gasteiger partial charge in [0.25, 0.3) is 0 Å². The van der Waals surface area contributed by atoms with Gasteiger partial charge in [-0.1, -0.05) is 35.9 Å². The molecule has 8 heteroatoms. The standard InChI is InChI=1S/C23H22ClN3O4/c1-29-26-22(28)27-11-8-23(9-12-27)30-14-17-13-16(5-7-19(17)31-23)18-6-4-15-3-2-10-25-21(15)20(18)24/h2-7,10,13H,8-9,11-12,14H2,1H3,(H,26,28). The summed E-state index contributed by atoms with van der Waals surface area (Å²) < 4.78 is 12.4. The van der Waals surface area contributed by atoms with Crippen LogP contribution in [0.2, 0.25) is 5.02 Å². The highest BCUT2D eigenvalue weighted by Crippen LogP contribution is 2.41. The van der Waals surface area contributed by atoms with Crippen molar-refractivity contribution in [2.45, 2.75) is 25.2 Å². The zero-order valence-corrected chi connectivity index (χ0v) is 17.8. The van der Waals surface area contributed by atoms with E-state index in [4.69, 9.17) is 25.9 Å². The smallest absolute Gasteiger partial charge is 0.341 e. The number of likely N-dealkylation sites (tertiary alicyclic amines) is 1. The first-order valence-corrected chi connectivity index (χ1v) is 10.5. The Morgan fingerprint density at radius 2 is 2.06 bits per heavy atom. The van der Waals surface area contributed by atoms with E-state index in [9.17, 15) is 4.79 Å². The van der Waals surface area contributed by atoms with Crippen LogP contribution in [-0.4, -0.2) is 41.9 Å². The highest BCUT2D eigenvalue weighted by Gasteiger charge is 2.42. The summed E-state index contributed by atoms with van der Waals surface area (Å²) in [6, 6.07) is 13.7. The van der Waals surface area contributed by atoms with Gasteiger partial charge in [0.1, 0.15) is 5.75 Å². The highest BCUT2D eigenvalue weighted by molar-refractivity contribution is 6.37. The predicted octanol–water partition coefficient (Wildman–Crippen LogP) is 4.53. The Morgan fingerprint density at radius 1 is 1.23 bits per heavy atom. The minimum atomic E-state index is -0.705. The second-order valence-corrected chi connectivity index (χ2v) is 8.10. The molecule has 1 saturated heterocycles. The van der Waals surface area contributed by atoms with Crippen LogP contribution in [0.15, 0.2) is 48.7 Å². The van der Waals surface area contributed by atoms with Gasteiger partial charge in [-0.3, -0.25) is 9.82 Å². The molecule has 0 unspecified atom stereocenters. The van der Waals surface area contributed by atoms with Crippen molar-refractivity contribution in [1.82, 2.24) is 15.4 Å². The number of carbonyl (C=O) groups is 1. The number of halogens is 1. The first-order valence-electron chi connectivity index (χ1n) is 10.2. The van der Waals surface area contributed by atoms with Gasteiger partial charge >= 0.3 is 6.03 Å². The minimum absolute atomic E-state index is 0.250. The Kier molecular flexibility index (Phi) is 5.17. The van der Waals surface area contributed by atoms with Crippen molar-refractivity contribution in [3.63, 3.8) is 0 Å². The Bertz CT molecular complexity index is 1140. The number of pyridine rings is 1. The van der Waals surface area contributed by atoms with Crippen LogP contribution in [0.1, 0.15) is 18.4 Å². The van der Waals surface area contributed by atoms with Gasteiger partial charge in [-0.25, -0.2) is 10.3 Å². The third-order valence-electron chi connectivity index (χ3n) is 5.87. The molecular formula is C23H22ClN3O4. The average Bonchev–Trinajstić information content (AvgIpc) is 2.80. The van der Waals surface area contributed by atoms with Crippen molar-refractivity contribution < 1.29 is 19.1 Å². The fourth-order valence-electron chi connectivity index (χ4n) is 4.18. The summed E-state index contributed by atoms with van der Waals surface area (Å²) in [7, 11) is 1.42. The van der Waals surface area contributed by atoms with Gasteiger partial charge in [0.2, 0.25) is 5.79 Å². The molecule has 5 rings (SSSR count). The topological polar surface area (TPSA) is 72.9 Å². The fraction of sp³-hybridized carbons (Fsp3) is 0.304. The van der Waals surface area contributed by atoms with E-state index in [-0.39, 0.29) is 6.03 Å². The van der Waals surface area contributed by atoms with E-state index in [1.165, 1.54) is 7.11 Å². The van der Waals surface area contributed by atoms with E-state index in [0.29, 0.717) is 37.6 Å². The molecule has 0 atom stereocenters. The zero-order chi connectivity index (χ0) is 21.4. The molecule has 2 aromatic carbocycles. The number of hydrogen-bond donors (Lipinski definition) is 1. The first kappa shape index (κ1) is 20.1. The number of amides is 2. The van der Waals surface area contributed by atoms with Crippen molar-refractivity contribution in [2.24, 2.45) is 0 Å². The van der Waals surface area contributed by atoms with Gasteiger partial charge in [-0.2, -0.15) is 0 Å². The Balaban J connectivity index is 1.36. The number of hydrogen-bond acceptors (Lipinski definition) is 5. The number of piperidine rings is 1. The summed E-state index contributed by atoms with van der Waals surface area (Å²) in [6.07, 6.45) is 2.93. The van der Waals surface area contributed by atoms with E-state index < -0.39 is 5.79 Å². The molecule has 1 fully saturated rings. The van der Waals surface area contributed by atoms with Gasteiger partial charge in [0.15, 0.2) is 0 Å². The van der Waals surface area contributed by atoms with Crippen molar-refractivity contribution >= 4 is 28.5 Å². The number of ether oxygens (including phenoxy) is 2. The van der Waals surface area contributed by atoms with E-state index >= 15 is 0 Å². The van der Waals surface area contributed by atoms with Crippen molar-refractivity contribution in [3.05, 3.63) is 59.2 Å². The number of urea groups is 1. The van der Waals surface area contributed by atoms with E-state index in [1.54, 1.807) is 11.1 Å². The number of fused-ring (bicyclic) bond motifs is 2. The molecule has 160 valence electrons. The molecule has 1 spiro atoms. The van der Waals surface area contributed by atoms with Crippen LogP contribution < -0.4 is 10.2 Å². The molecule has 1 N–H and O–H groups in total. The largest absolute Gasteiger partial charge is 0.462 e. The molecule has 3 heterocycles. The maximum atomic E-state index is 11.9. The third kappa shape index (κ3) is 3.69. The molecule has 0 saturated carbocycles. The summed E-state index contributed by atoms with van der Waals surface area (Å²) in [6.45, 7) is 1.50. The van der Waals surface area contributed by atoms with E-state index in [2.05, 4.69) is 16.5 Å². The lowest BCUT2D eigenvalue weighted by Crippen LogP contribution is -2.54. The average molecular weight is 440 g/mol. The lowest BCUT2D eigenvalue weighted by atomic mass is 9.98. The van der Waals surface area contributed by atoms with Crippen LogP contribution in [0.5, 0.6) is 5.75 Å². The second-order valence-electron chi connectivity index (χ2n) is 7.72. The molecule has 0 bridgehead atoms. The van der Waals surface area contributed by atoms with Crippen molar-refractivity contribution in [3.8, 4) is 16.9 Å². The third-order valence-corrected chi connectivity index (χ3v) is 6.26. The Morgan fingerprint density at radius 3 is 2.87 bits per heavy atom. The summed E-state index contributed by atoms with van der Waals surface area (Å²) in [5.41, 5.74) is 6.02. The summed E-state index contributed by atoms with van der Waals surface area (Å²) in [5.74, 6) is 0.0999. The molecule has 2 aliphatic heterocycles. The fourth-order valence-corrected chi connectivity index (χ4v) is 4.51. The number of nitrogens with one attached hydrogen (secondary N) is 1. The Hall–Kier alpha value is -2.87. The lowest BCUT2D eigenvalue weighted by molar-refractivity contribution is -0.225. The molecule has 0 aliphatic carbocycles. The molecule has 2 amide bonds. The van der Waals surface area contributed by atoms with Crippen LogP contribution in [0, 0.1) is 0 Å². The quantitative estimate of drug-likeness (QED) is 0.594. The molecule has 1 aromatic heterocycles. The summed E-state index contributed by atoms with van der Waals surface area (Å²) in [4.78, 5) is 22.8. The number of carbonyl (C=O) groups excluding carboxylic acids is 1. The normalized spacial score (nSPS) is 17.3. The van der Waals surface area contributed by atoms with Gasteiger partial charge in [-0.05, 0) is 23.8 Å².